The van der Waals surface area contributed by atoms with Gasteiger partial charge in [-0.25, -0.2) is 0 Å². The molecule has 1 aromatic rings. The van der Waals surface area contributed by atoms with Crippen LogP contribution in [0.3, 0.4) is 0 Å². The van der Waals surface area contributed by atoms with E-state index in [1.54, 1.807) is 19.1 Å². The van der Waals surface area contributed by atoms with Crippen LogP contribution >= 0.6 is 0 Å². The molecule has 5 heteroatoms. The summed E-state index contributed by atoms with van der Waals surface area (Å²) in [6.45, 7) is 2.56. The van der Waals surface area contributed by atoms with Crippen LogP contribution in [0.15, 0.2) is 18.2 Å². The molecule has 0 unspecified atom stereocenters. The number of hydrogen-bond acceptors (Lipinski definition) is 4. The second-order valence-electron chi connectivity index (χ2n) is 6.01. The van der Waals surface area contributed by atoms with Crippen molar-refractivity contribution < 1.29 is 10.0 Å². The van der Waals surface area contributed by atoms with Crippen LogP contribution in [0.1, 0.15) is 44.3 Å². The van der Waals surface area contributed by atoms with Gasteiger partial charge in [-0.15, -0.1) is 0 Å². The van der Waals surface area contributed by atoms with Crippen molar-refractivity contribution in [1.29, 1.82) is 0 Å². The number of nitro groups is 1. The maximum Gasteiger partial charge on any atom is 0.292 e. The van der Waals surface area contributed by atoms with Crippen molar-refractivity contribution in [2.45, 2.75) is 44.8 Å². The van der Waals surface area contributed by atoms with Gasteiger partial charge >= 0.3 is 0 Å². The minimum absolute atomic E-state index is 0.121. The van der Waals surface area contributed by atoms with Gasteiger partial charge in [-0.3, -0.25) is 10.1 Å². The Kier molecular flexibility index (Phi) is 3.38. The Labute approximate surface area is 118 Å². The Morgan fingerprint density at radius 3 is 2.60 bits per heavy atom. The normalized spacial score (nSPS) is 19.7. The van der Waals surface area contributed by atoms with Crippen LogP contribution in [-0.2, 0) is 0 Å². The molecule has 0 heterocycles. The molecule has 2 aliphatic carbocycles. The summed E-state index contributed by atoms with van der Waals surface area (Å²) in [7, 11) is 0. The molecule has 2 saturated carbocycles. The summed E-state index contributed by atoms with van der Waals surface area (Å²) in [6, 6.07) is 5.59. The number of aliphatic hydroxyl groups excluding tert-OH is 1. The van der Waals surface area contributed by atoms with E-state index in [2.05, 4.69) is 4.90 Å². The molecule has 2 aliphatic rings. The molecule has 20 heavy (non-hydrogen) atoms. The molecular formula is C15H20N2O3. The van der Waals surface area contributed by atoms with E-state index in [1.165, 1.54) is 18.9 Å². The monoisotopic (exact) mass is 276 g/mol. The molecule has 5 nitrogen and oxygen atoms in total. The Hall–Kier alpha value is -1.62. The molecule has 3 rings (SSSR count). The molecule has 0 bridgehead atoms. The van der Waals surface area contributed by atoms with Gasteiger partial charge in [0.1, 0.15) is 5.69 Å². The van der Waals surface area contributed by atoms with Crippen LogP contribution in [0.5, 0.6) is 0 Å². The van der Waals surface area contributed by atoms with Crippen LogP contribution in [0.25, 0.3) is 0 Å². The second kappa shape index (κ2) is 5.05. The van der Waals surface area contributed by atoms with Gasteiger partial charge in [0.15, 0.2) is 0 Å². The van der Waals surface area contributed by atoms with Crippen molar-refractivity contribution in [2.75, 3.05) is 11.4 Å². The molecule has 1 atom stereocenters. The van der Waals surface area contributed by atoms with Gasteiger partial charge in [0.25, 0.3) is 5.69 Å². The van der Waals surface area contributed by atoms with Crippen molar-refractivity contribution in [1.82, 2.24) is 0 Å². The number of nitrogens with zero attached hydrogens (tertiary/aromatic N) is 2. The van der Waals surface area contributed by atoms with E-state index >= 15 is 0 Å². The van der Waals surface area contributed by atoms with Crippen LogP contribution < -0.4 is 4.90 Å². The molecule has 108 valence electrons. The fourth-order valence-electron chi connectivity index (χ4n) is 2.60. The zero-order valence-electron chi connectivity index (χ0n) is 11.7. The Balaban J connectivity index is 1.94. The predicted octanol–water partition coefficient (Wildman–Crippen LogP) is 3.03. The third-order valence-electron chi connectivity index (χ3n) is 4.13. The molecule has 0 amide bonds. The molecule has 2 fully saturated rings. The van der Waals surface area contributed by atoms with E-state index in [1.807, 2.05) is 0 Å². The van der Waals surface area contributed by atoms with Gasteiger partial charge in [-0.1, -0.05) is 6.07 Å². The molecule has 0 radical (unpaired) electrons. The first-order valence-corrected chi connectivity index (χ1v) is 7.29. The van der Waals surface area contributed by atoms with Crippen molar-refractivity contribution in [3.63, 3.8) is 0 Å². The predicted molar refractivity (Wildman–Crippen MR) is 76.8 cm³/mol. The summed E-state index contributed by atoms with van der Waals surface area (Å²) in [6.07, 6.45) is 4.05. The average molecular weight is 276 g/mol. The summed E-state index contributed by atoms with van der Waals surface area (Å²) >= 11 is 0. The number of hydrogen-bond donors (Lipinski definition) is 1. The van der Waals surface area contributed by atoms with Gasteiger partial charge < -0.3 is 10.0 Å². The van der Waals surface area contributed by atoms with Gasteiger partial charge in [0, 0.05) is 18.7 Å². The number of benzene rings is 1. The second-order valence-corrected chi connectivity index (χ2v) is 6.01. The quantitative estimate of drug-likeness (QED) is 0.640. The third-order valence-corrected chi connectivity index (χ3v) is 4.13. The molecule has 1 aromatic carbocycles. The largest absolute Gasteiger partial charge is 0.389 e. The van der Waals surface area contributed by atoms with Crippen LogP contribution in [0.2, 0.25) is 0 Å². The molecule has 0 aromatic heterocycles. The van der Waals surface area contributed by atoms with Crippen molar-refractivity contribution >= 4 is 11.4 Å². The maximum absolute atomic E-state index is 11.3. The molecule has 0 spiro atoms. The Morgan fingerprint density at radius 1 is 1.40 bits per heavy atom. The minimum Gasteiger partial charge on any atom is -0.389 e. The molecular weight excluding hydrogens is 256 g/mol. The zero-order valence-corrected chi connectivity index (χ0v) is 11.7. The lowest BCUT2D eigenvalue weighted by molar-refractivity contribution is -0.384. The first kappa shape index (κ1) is 13.4. The first-order valence-electron chi connectivity index (χ1n) is 7.29. The van der Waals surface area contributed by atoms with Crippen LogP contribution in [-0.4, -0.2) is 22.6 Å². The third kappa shape index (κ3) is 2.77. The van der Waals surface area contributed by atoms with Crippen LogP contribution in [0, 0.1) is 16.0 Å². The van der Waals surface area contributed by atoms with E-state index in [4.69, 9.17) is 0 Å². The molecule has 0 aliphatic heterocycles. The smallest absolute Gasteiger partial charge is 0.292 e. The highest BCUT2D eigenvalue weighted by Gasteiger charge is 2.36. The fraction of sp³-hybridized carbons (Fsp3) is 0.600. The van der Waals surface area contributed by atoms with Crippen molar-refractivity contribution in [3.05, 3.63) is 33.9 Å². The number of aliphatic hydroxyl groups is 1. The summed E-state index contributed by atoms with van der Waals surface area (Å²) < 4.78 is 0. The lowest BCUT2D eigenvalue weighted by atomic mass is 10.1. The van der Waals surface area contributed by atoms with E-state index < -0.39 is 6.10 Å². The standard InChI is InChI=1S/C15H20N2O3/c1-10(18)12-4-7-14(15(8-12)17(19)20)16(13-5-6-13)9-11-2-3-11/h4,7-8,10-11,13,18H,2-3,5-6,9H2,1H3/t10-/m0/s1. The highest BCUT2D eigenvalue weighted by molar-refractivity contribution is 5.65. The lowest BCUT2D eigenvalue weighted by Gasteiger charge is -2.24. The van der Waals surface area contributed by atoms with E-state index in [0.717, 1.165) is 19.4 Å². The van der Waals surface area contributed by atoms with Gasteiger partial charge in [0.05, 0.1) is 11.0 Å². The zero-order chi connectivity index (χ0) is 14.3. The van der Waals surface area contributed by atoms with Crippen molar-refractivity contribution in [3.8, 4) is 0 Å². The highest BCUT2D eigenvalue weighted by atomic mass is 16.6. The number of nitro benzene ring substituents is 1. The number of rotatable bonds is 6. The molecule has 0 saturated heterocycles. The summed E-state index contributed by atoms with van der Waals surface area (Å²) in [5, 5.41) is 20.9. The SMILES string of the molecule is C[C@H](O)c1ccc(N(CC2CC2)C2CC2)c([N+](=O)[O-])c1. The Morgan fingerprint density at radius 2 is 2.10 bits per heavy atom. The van der Waals surface area contributed by atoms with Crippen molar-refractivity contribution in [2.24, 2.45) is 5.92 Å². The minimum atomic E-state index is -0.680. The topological polar surface area (TPSA) is 66.6 Å². The highest BCUT2D eigenvalue weighted by Crippen LogP contribution is 2.41. The maximum atomic E-state index is 11.3. The van der Waals surface area contributed by atoms with E-state index in [0.29, 0.717) is 23.2 Å². The average Bonchev–Trinajstić information content (AvgIpc) is 3.26. The summed E-state index contributed by atoms with van der Waals surface area (Å²) in [5.41, 5.74) is 1.44. The first-order chi connectivity index (χ1) is 9.56. The molecule has 1 N–H and O–H groups in total. The van der Waals surface area contributed by atoms with Gasteiger partial charge in [-0.2, -0.15) is 0 Å². The fourth-order valence-corrected chi connectivity index (χ4v) is 2.60. The lowest BCUT2D eigenvalue weighted by Crippen LogP contribution is -2.28. The van der Waals surface area contributed by atoms with Crippen LogP contribution in [0.4, 0.5) is 11.4 Å². The number of anilines is 1. The van der Waals surface area contributed by atoms with Gasteiger partial charge in [-0.05, 0) is 50.2 Å². The Bertz CT molecular complexity index is 522. The van der Waals surface area contributed by atoms with Gasteiger partial charge in [0.2, 0.25) is 0 Å². The van der Waals surface area contributed by atoms with E-state index in [-0.39, 0.29) is 10.6 Å². The summed E-state index contributed by atoms with van der Waals surface area (Å²) in [5.74, 6) is 0.701. The van der Waals surface area contributed by atoms with E-state index in [9.17, 15) is 15.2 Å². The summed E-state index contributed by atoms with van der Waals surface area (Å²) in [4.78, 5) is 13.2.